The molecule has 1 N–H and O–H groups in total. The molecule has 0 saturated carbocycles. The van der Waals surface area contributed by atoms with Crippen molar-refractivity contribution in [3.63, 3.8) is 0 Å². The highest BCUT2D eigenvalue weighted by Gasteiger charge is 2.28. The van der Waals surface area contributed by atoms with E-state index in [1.807, 2.05) is 12.4 Å². The Hall–Kier alpha value is -2.67. The molecule has 2 saturated heterocycles. The number of nitrogens with one attached hydrogen (secondary N) is 1. The lowest BCUT2D eigenvalue weighted by Crippen LogP contribution is -2.38. The lowest BCUT2D eigenvalue weighted by Gasteiger charge is -2.36. The molecule has 2 aliphatic heterocycles. The average Bonchev–Trinajstić information content (AvgIpc) is 3.33. The summed E-state index contributed by atoms with van der Waals surface area (Å²) in [6.07, 6.45) is 7.86. The Morgan fingerprint density at radius 2 is 2.00 bits per heavy atom. The Balaban J connectivity index is 1.40. The lowest BCUT2D eigenvalue weighted by atomic mass is 9.86. The topological polar surface area (TPSA) is 70.2 Å². The molecule has 1 aromatic carbocycles. The number of benzene rings is 1. The zero-order chi connectivity index (χ0) is 19.6. The molecule has 2 aliphatic rings. The van der Waals surface area contributed by atoms with Crippen LogP contribution in [0.25, 0.3) is 10.9 Å². The quantitative estimate of drug-likeness (QED) is 0.735. The fraction of sp³-hybridized carbons (Fsp3) is 0.500. The second-order valence-electron chi connectivity index (χ2n) is 8.11. The van der Waals surface area contributed by atoms with E-state index >= 15 is 0 Å². The largest absolute Gasteiger partial charge is 0.378 e. The number of hydrogen-bond donors (Lipinski definition) is 1. The normalized spacial score (nSPS) is 21.5. The first-order chi connectivity index (χ1) is 14.3. The third-order valence-electron chi connectivity index (χ3n) is 6.39. The van der Waals surface area contributed by atoms with E-state index in [1.54, 1.807) is 6.33 Å². The minimum absolute atomic E-state index is 0.411. The molecule has 2 unspecified atom stereocenters. The van der Waals surface area contributed by atoms with Gasteiger partial charge in [-0.1, -0.05) is 6.92 Å². The van der Waals surface area contributed by atoms with Crippen molar-refractivity contribution >= 4 is 22.4 Å². The molecule has 0 bridgehead atoms. The van der Waals surface area contributed by atoms with E-state index in [4.69, 9.17) is 4.74 Å². The monoisotopic (exact) mass is 392 g/mol. The van der Waals surface area contributed by atoms with E-state index < -0.39 is 0 Å². The number of aromatic amines is 1. The number of piperidine rings is 1. The first-order valence-corrected chi connectivity index (χ1v) is 10.6. The summed E-state index contributed by atoms with van der Waals surface area (Å²) in [5, 5.41) is 1.14. The van der Waals surface area contributed by atoms with Crippen LogP contribution in [0.5, 0.6) is 0 Å². The number of aromatic nitrogens is 4. The fourth-order valence-electron chi connectivity index (χ4n) is 4.66. The van der Waals surface area contributed by atoms with Crippen LogP contribution < -0.4 is 9.80 Å². The highest BCUT2D eigenvalue weighted by molar-refractivity contribution is 5.91. The summed E-state index contributed by atoms with van der Waals surface area (Å²) in [5.41, 5.74) is 2.23. The Kier molecular flexibility index (Phi) is 5.06. The summed E-state index contributed by atoms with van der Waals surface area (Å²) in [7, 11) is 0. The van der Waals surface area contributed by atoms with Crippen molar-refractivity contribution in [2.45, 2.75) is 25.7 Å². The van der Waals surface area contributed by atoms with Crippen molar-refractivity contribution in [1.82, 2.24) is 19.9 Å². The van der Waals surface area contributed by atoms with Gasteiger partial charge < -0.3 is 19.5 Å². The maximum absolute atomic E-state index is 5.48. The summed E-state index contributed by atoms with van der Waals surface area (Å²) in [6.45, 7) is 7.76. The molecule has 0 radical (unpaired) electrons. The van der Waals surface area contributed by atoms with Crippen LogP contribution in [0.4, 0.5) is 11.5 Å². The van der Waals surface area contributed by atoms with Crippen LogP contribution >= 0.6 is 0 Å². The third kappa shape index (κ3) is 3.67. The summed E-state index contributed by atoms with van der Waals surface area (Å²) in [5.74, 6) is 3.11. The molecule has 4 heterocycles. The molecule has 2 fully saturated rings. The van der Waals surface area contributed by atoms with Gasteiger partial charge in [-0.15, -0.1) is 0 Å². The molecule has 0 aliphatic carbocycles. The number of ether oxygens (including phenoxy) is 1. The molecular weight excluding hydrogens is 364 g/mol. The summed E-state index contributed by atoms with van der Waals surface area (Å²) < 4.78 is 5.48. The fourth-order valence-corrected chi connectivity index (χ4v) is 4.66. The van der Waals surface area contributed by atoms with E-state index in [1.165, 1.54) is 18.5 Å². The molecular formula is C22H28N6O. The first kappa shape index (κ1) is 18.4. The van der Waals surface area contributed by atoms with Crippen LogP contribution in [0.15, 0.2) is 36.9 Å². The van der Waals surface area contributed by atoms with Crippen LogP contribution in [0, 0.1) is 5.92 Å². The zero-order valence-electron chi connectivity index (χ0n) is 16.9. The average molecular weight is 393 g/mol. The van der Waals surface area contributed by atoms with E-state index in [0.29, 0.717) is 11.8 Å². The number of imidazole rings is 1. The van der Waals surface area contributed by atoms with Gasteiger partial charge in [0.2, 0.25) is 0 Å². The second kappa shape index (κ2) is 7.99. The Bertz CT molecular complexity index is 953. The minimum Gasteiger partial charge on any atom is -0.378 e. The van der Waals surface area contributed by atoms with Gasteiger partial charge in [0, 0.05) is 55.6 Å². The number of morpholine rings is 1. The number of rotatable bonds is 4. The van der Waals surface area contributed by atoms with Crippen LogP contribution in [-0.4, -0.2) is 59.3 Å². The minimum atomic E-state index is 0.411. The van der Waals surface area contributed by atoms with E-state index in [0.717, 1.165) is 61.9 Å². The van der Waals surface area contributed by atoms with E-state index in [9.17, 15) is 0 Å². The third-order valence-corrected chi connectivity index (χ3v) is 6.39. The van der Waals surface area contributed by atoms with Gasteiger partial charge in [0.25, 0.3) is 0 Å². The smallest absolute Gasteiger partial charge is 0.139 e. The summed E-state index contributed by atoms with van der Waals surface area (Å²) in [4.78, 5) is 21.8. The molecule has 0 amide bonds. The SMILES string of the molecule is CC(c1ncc[nH]1)C1CCCN(c2ncnc3cc(N4CCOCC4)ccc23)C1. The molecule has 29 heavy (non-hydrogen) atoms. The van der Waals surface area contributed by atoms with Gasteiger partial charge in [-0.2, -0.15) is 0 Å². The van der Waals surface area contributed by atoms with Crippen molar-refractivity contribution in [2.75, 3.05) is 49.2 Å². The Morgan fingerprint density at radius 1 is 1.10 bits per heavy atom. The Labute approximate surface area is 171 Å². The number of nitrogens with zero attached hydrogens (tertiary/aromatic N) is 5. The maximum Gasteiger partial charge on any atom is 0.139 e. The molecule has 2 aromatic heterocycles. The van der Waals surface area contributed by atoms with Crippen LogP contribution in [0.1, 0.15) is 31.5 Å². The molecule has 3 aromatic rings. The molecule has 7 heteroatoms. The van der Waals surface area contributed by atoms with Gasteiger partial charge in [0.05, 0.1) is 18.7 Å². The standard InChI is InChI=1S/C22H28N6O/c1-16(21-23-6-7-24-21)17-3-2-8-28(14-17)22-19-5-4-18(13-20(19)25-15-26-22)27-9-11-29-12-10-27/h4-7,13,15-17H,2-3,8-12,14H2,1H3,(H,23,24). The number of H-pyrrole nitrogens is 1. The van der Waals surface area contributed by atoms with Crippen molar-refractivity contribution in [1.29, 1.82) is 0 Å². The van der Waals surface area contributed by atoms with Gasteiger partial charge in [-0.25, -0.2) is 15.0 Å². The Morgan fingerprint density at radius 3 is 2.83 bits per heavy atom. The molecule has 152 valence electrons. The molecule has 2 atom stereocenters. The van der Waals surface area contributed by atoms with Gasteiger partial charge in [-0.05, 0) is 37.0 Å². The number of anilines is 2. The van der Waals surface area contributed by atoms with Crippen molar-refractivity contribution in [3.05, 3.63) is 42.7 Å². The predicted octanol–water partition coefficient (Wildman–Crippen LogP) is 3.21. The van der Waals surface area contributed by atoms with Gasteiger partial charge >= 0.3 is 0 Å². The maximum atomic E-state index is 5.48. The van der Waals surface area contributed by atoms with Gasteiger partial charge in [-0.3, -0.25) is 0 Å². The van der Waals surface area contributed by atoms with E-state index in [-0.39, 0.29) is 0 Å². The van der Waals surface area contributed by atoms with Crippen LogP contribution in [0.3, 0.4) is 0 Å². The van der Waals surface area contributed by atoms with Crippen molar-refractivity contribution in [2.24, 2.45) is 5.92 Å². The van der Waals surface area contributed by atoms with Gasteiger partial charge in [0.1, 0.15) is 18.0 Å². The molecule has 7 nitrogen and oxygen atoms in total. The van der Waals surface area contributed by atoms with Crippen LogP contribution in [-0.2, 0) is 4.74 Å². The predicted molar refractivity (Wildman–Crippen MR) is 115 cm³/mol. The highest BCUT2D eigenvalue weighted by atomic mass is 16.5. The number of fused-ring (bicyclic) bond motifs is 1. The zero-order valence-corrected chi connectivity index (χ0v) is 16.9. The molecule has 5 rings (SSSR count). The van der Waals surface area contributed by atoms with Crippen LogP contribution in [0.2, 0.25) is 0 Å². The lowest BCUT2D eigenvalue weighted by molar-refractivity contribution is 0.122. The van der Waals surface area contributed by atoms with Crippen molar-refractivity contribution in [3.8, 4) is 0 Å². The van der Waals surface area contributed by atoms with Gasteiger partial charge in [0.15, 0.2) is 0 Å². The second-order valence-corrected chi connectivity index (χ2v) is 8.11. The van der Waals surface area contributed by atoms with E-state index in [2.05, 4.69) is 54.9 Å². The molecule has 0 spiro atoms. The summed E-state index contributed by atoms with van der Waals surface area (Å²) >= 11 is 0. The summed E-state index contributed by atoms with van der Waals surface area (Å²) in [6, 6.07) is 6.58. The highest BCUT2D eigenvalue weighted by Crippen LogP contribution is 2.34. The van der Waals surface area contributed by atoms with Crippen molar-refractivity contribution < 1.29 is 4.74 Å². The first-order valence-electron chi connectivity index (χ1n) is 10.6. The number of hydrogen-bond acceptors (Lipinski definition) is 6.